The minimum atomic E-state index is -1.07. The van der Waals surface area contributed by atoms with Crippen LogP contribution in [0.4, 0.5) is 9.59 Å². The summed E-state index contributed by atoms with van der Waals surface area (Å²) in [7, 11) is 3.00. The number of aliphatic hydroxyl groups is 1. The lowest BCUT2D eigenvalue weighted by Gasteiger charge is -2.30. The number of nitrogens with zero attached hydrogens (tertiary/aromatic N) is 2. The van der Waals surface area contributed by atoms with Gasteiger partial charge in [-0.05, 0) is 91.2 Å². The van der Waals surface area contributed by atoms with Crippen LogP contribution >= 0.6 is 0 Å². The number of carboxylic acids is 1. The molecule has 59 heavy (non-hydrogen) atoms. The molecule has 338 valence electrons. The Morgan fingerprint density at radius 2 is 1.03 bits per heavy atom. The monoisotopic (exact) mass is 849 g/mol. The normalized spacial score (nSPS) is 16.1. The van der Waals surface area contributed by atoms with Gasteiger partial charge < -0.3 is 33.9 Å². The zero-order valence-electron chi connectivity index (χ0n) is 46.2. The SMILES string of the molecule is CN(C(=O)OC(C)(C)C)[C@@H](CC1CC1)C(=O)O.C[C@@H](OC(=O)[C@H](CC1CC1)N(C)C(=O)OC(C)(C)C)C(=O)OCc1ccccc1.C[C@H](O)C(=O)OCc1ccccc1.[2H][2H].[2H][2H].[2H][2H].[2H][2H].[2H][2H]. The smallest absolute Gasteiger partial charge is 0.410 e. The maximum Gasteiger partial charge on any atom is 0.410 e. The Balaban J connectivity index is -0.000000450. The molecule has 0 heterocycles. The Morgan fingerprint density at radius 1 is 0.661 bits per heavy atom. The molecule has 0 bridgehead atoms. The fourth-order valence-corrected chi connectivity index (χ4v) is 5.09. The predicted molar refractivity (Wildman–Crippen MR) is 228 cm³/mol. The van der Waals surface area contributed by atoms with Crippen LogP contribution in [0.2, 0.25) is 0 Å². The van der Waals surface area contributed by atoms with Crippen molar-refractivity contribution in [1.82, 2.24) is 9.80 Å². The molecule has 2 aliphatic rings. The number of ether oxygens (including phenoxy) is 5. The van der Waals surface area contributed by atoms with E-state index in [1.165, 1.54) is 37.7 Å². The Labute approximate surface area is 363 Å². The number of esters is 3. The van der Waals surface area contributed by atoms with Crippen LogP contribution in [0.25, 0.3) is 0 Å². The van der Waals surface area contributed by atoms with Gasteiger partial charge in [-0.1, -0.05) is 86.3 Å². The van der Waals surface area contributed by atoms with Gasteiger partial charge in [0.05, 0.1) is 0 Å². The highest BCUT2D eigenvalue weighted by Crippen LogP contribution is 2.36. The Hall–Kier alpha value is -5.18. The maximum atomic E-state index is 12.7. The van der Waals surface area contributed by atoms with E-state index >= 15 is 0 Å². The van der Waals surface area contributed by atoms with Gasteiger partial charge in [0.1, 0.15) is 42.6 Å². The highest BCUT2D eigenvalue weighted by atomic mass is 16.6. The van der Waals surface area contributed by atoms with Crippen LogP contribution in [0.15, 0.2) is 60.7 Å². The van der Waals surface area contributed by atoms with Crippen LogP contribution in [0.3, 0.4) is 0 Å². The molecule has 2 saturated carbocycles. The first kappa shape index (κ1) is 42.0. The molecule has 0 aromatic heterocycles. The summed E-state index contributed by atoms with van der Waals surface area (Å²) in [5.41, 5.74) is 0.481. The van der Waals surface area contributed by atoms with E-state index in [0.29, 0.717) is 24.7 Å². The fraction of sp³-hybridized carbons (Fsp3) is 0.591. The number of carboxylic acid groups (broad SMARTS) is 1. The number of rotatable bonds is 15. The third-order valence-electron chi connectivity index (χ3n) is 8.78. The van der Waals surface area contributed by atoms with E-state index in [4.69, 9.17) is 48.7 Å². The third-order valence-corrected chi connectivity index (χ3v) is 8.78. The van der Waals surface area contributed by atoms with Crippen molar-refractivity contribution in [1.29, 1.82) is 0 Å². The van der Waals surface area contributed by atoms with Crippen molar-refractivity contribution in [3.63, 3.8) is 0 Å². The number of carbonyl (C=O) groups is 6. The van der Waals surface area contributed by atoms with Crippen LogP contribution in [0, 0.1) is 11.8 Å². The van der Waals surface area contributed by atoms with Crippen molar-refractivity contribution in [3.8, 4) is 0 Å². The van der Waals surface area contributed by atoms with Gasteiger partial charge in [-0.3, -0.25) is 9.80 Å². The van der Waals surface area contributed by atoms with Gasteiger partial charge in [0.2, 0.25) is 0 Å². The molecule has 0 aliphatic heterocycles. The number of likely N-dealkylation sites (N-methyl/N-ethyl adjacent to an activating group) is 2. The standard InChI is InChI=1S/C22H31NO6.C12H21NO4.C10H12O3.5H2/c1-15(19(24)27-14-17-9-7-6-8-10-17)28-20(25)18(13-16-11-12-16)23(5)21(26)29-22(2,3)4;1-12(2,3)17-11(16)13(4)9(10(14)15)7-8-5-6-8;1-8(11)10(12)13-7-9-5-3-2-4-6-9;;;;;/h6-10,15-16,18H,11-14H2,1-5H3;8-9H,5-7H2,1-4H3,(H,14,15);2-6,8,11H,7H2,1H3;5*1H/t15-,18+;9-;8-;;;;;/m100...../s1/i;;;5*1+1D. The van der Waals surface area contributed by atoms with Crippen LogP contribution in [-0.2, 0) is 56.1 Å². The summed E-state index contributed by atoms with van der Waals surface area (Å²) >= 11 is 0. The van der Waals surface area contributed by atoms with Gasteiger partial charge in [-0.2, -0.15) is 0 Å². The second-order valence-electron chi connectivity index (χ2n) is 16.9. The van der Waals surface area contributed by atoms with E-state index in [2.05, 4.69) is 0 Å². The van der Waals surface area contributed by atoms with E-state index in [1.54, 1.807) is 41.5 Å². The minimum Gasteiger partial charge on any atom is -0.480 e. The Bertz CT molecular complexity index is 1690. The van der Waals surface area contributed by atoms with Crippen molar-refractivity contribution >= 4 is 36.1 Å². The molecule has 15 heteroatoms. The largest absolute Gasteiger partial charge is 0.480 e. The number of aliphatic carboxylic acids is 1. The topological polar surface area (TPSA) is 196 Å². The molecule has 0 spiro atoms. The summed E-state index contributed by atoms with van der Waals surface area (Å²) < 4.78 is 75.9. The molecule has 4 rings (SSSR count). The summed E-state index contributed by atoms with van der Waals surface area (Å²) in [5, 5.41) is 17.9. The Kier molecular flexibility index (Phi) is 16.7. The molecule has 0 unspecified atom stereocenters. The lowest BCUT2D eigenvalue weighted by atomic mass is 10.1. The highest BCUT2D eigenvalue weighted by Gasteiger charge is 2.38. The van der Waals surface area contributed by atoms with Crippen LogP contribution in [0.5, 0.6) is 0 Å². The number of carbonyl (C=O) groups excluding carboxylic acids is 5. The summed E-state index contributed by atoms with van der Waals surface area (Å²) in [6.45, 7) is 13.7. The lowest BCUT2D eigenvalue weighted by molar-refractivity contribution is -0.170. The molecular weight excluding hydrogens is 764 g/mol. The number of hydrogen-bond donors (Lipinski definition) is 2. The summed E-state index contributed by atoms with van der Waals surface area (Å²) in [5.74, 6) is -2.01. The zero-order valence-corrected chi connectivity index (χ0v) is 36.2. The van der Waals surface area contributed by atoms with Crippen LogP contribution in [0.1, 0.15) is 120 Å². The summed E-state index contributed by atoms with van der Waals surface area (Å²) in [6.07, 6.45) is 1.86. The van der Waals surface area contributed by atoms with Crippen molar-refractivity contribution in [2.75, 3.05) is 14.1 Å². The summed E-state index contributed by atoms with van der Waals surface area (Å²) in [6, 6.07) is 17.0. The molecule has 15 nitrogen and oxygen atoms in total. The van der Waals surface area contributed by atoms with Gasteiger partial charge in [0.15, 0.2) is 6.10 Å². The molecule has 4 atom stereocenters. The van der Waals surface area contributed by atoms with E-state index in [9.17, 15) is 28.8 Å². The van der Waals surface area contributed by atoms with E-state index in [1.807, 2.05) is 60.7 Å². The van der Waals surface area contributed by atoms with Crippen molar-refractivity contribution < 1.29 is 77.5 Å². The van der Waals surface area contributed by atoms with Crippen LogP contribution < -0.4 is 0 Å². The molecule has 0 radical (unpaired) electrons. The first-order valence-corrected chi connectivity index (χ1v) is 19.9. The van der Waals surface area contributed by atoms with E-state index in [-0.39, 0.29) is 13.2 Å². The molecule has 2 aliphatic carbocycles. The first-order chi connectivity index (χ1) is 32.5. The van der Waals surface area contributed by atoms with Crippen molar-refractivity contribution in [2.45, 2.75) is 143 Å². The predicted octanol–water partition coefficient (Wildman–Crippen LogP) is 8.14. The number of aliphatic hydroxyl groups excluding tert-OH is 1. The molecule has 2 aromatic carbocycles. The van der Waals surface area contributed by atoms with E-state index < -0.39 is 71.6 Å². The molecule has 2 fully saturated rings. The lowest BCUT2D eigenvalue weighted by Crippen LogP contribution is -2.47. The first-order valence-electron chi connectivity index (χ1n) is 24.9. The fourth-order valence-electron chi connectivity index (χ4n) is 5.09. The maximum absolute atomic E-state index is 12.7. The van der Waals surface area contributed by atoms with Gasteiger partial charge in [-0.25, -0.2) is 28.8 Å². The molecule has 2 amide bonds. The number of amides is 2. The second kappa shape index (κ2) is 23.4. The zero-order chi connectivity index (χ0) is 54.5. The van der Waals surface area contributed by atoms with Gasteiger partial charge >= 0.3 is 36.1 Å². The van der Waals surface area contributed by atoms with E-state index in [0.717, 1.165) is 36.8 Å². The average molecular weight is 849 g/mol. The molecule has 2 N–H and O–H groups in total. The average Bonchev–Trinajstić information content (AvgIpc) is 4.28. The molecule has 0 saturated heterocycles. The van der Waals surface area contributed by atoms with Crippen LogP contribution in [-0.4, -0.2) is 106 Å². The van der Waals surface area contributed by atoms with Crippen molar-refractivity contribution in [2.24, 2.45) is 11.8 Å². The minimum absolute atomic E-state index is 0.102. The van der Waals surface area contributed by atoms with Gasteiger partial charge in [0.25, 0.3) is 0 Å². The third kappa shape index (κ3) is 20.9. The molecular formula is C44H74N2O13. The second-order valence-corrected chi connectivity index (χ2v) is 16.9. The van der Waals surface area contributed by atoms with Gasteiger partial charge in [0, 0.05) is 28.9 Å². The Morgan fingerprint density at radius 3 is 1.39 bits per heavy atom. The summed E-state index contributed by atoms with van der Waals surface area (Å²) in [4.78, 5) is 73.5. The highest BCUT2D eigenvalue weighted by molar-refractivity contribution is 5.84. The molecule has 2 aromatic rings. The quantitative estimate of drug-likeness (QED) is 0.129. The number of benzene rings is 2. The number of hydrogen-bond acceptors (Lipinski definition) is 12. The van der Waals surface area contributed by atoms with Crippen molar-refractivity contribution in [3.05, 3.63) is 71.8 Å². The van der Waals surface area contributed by atoms with Gasteiger partial charge in [-0.15, -0.1) is 0 Å².